The SMILES string of the molecule is CN=C(NCC1CCN(CCc2ccccc2)C1)NC1CCN(Cc2ccccc2)CC1.I. The summed E-state index contributed by atoms with van der Waals surface area (Å²) in [5, 5.41) is 7.27. The van der Waals surface area contributed by atoms with Crippen LogP contribution in [0.4, 0.5) is 0 Å². The van der Waals surface area contributed by atoms with E-state index in [2.05, 4.69) is 86.1 Å². The molecule has 33 heavy (non-hydrogen) atoms. The fourth-order valence-corrected chi connectivity index (χ4v) is 4.92. The summed E-state index contributed by atoms with van der Waals surface area (Å²) in [5.74, 6) is 1.67. The third-order valence-electron chi connectivity index (χ3n) is 6.89. The number of piperidine rings is 1. The highest BCUT2D eigenvalue weighted by Crippen LogP contribution is 2.17. The lowest BCUT2D eigenvalue weighted by Crippen LogP contribution is -2.49. The van der Waals surface area contributed by atoms with E-state index >= 15 is 0 Å². The number of likely N-dealkylation sites (tertiary alicyclic amines) is 2. The molecule has 2 N–H and O–H groups in total. The van der Waals surface area contributed by atoms with Crippen molar-refractivity contribution in [3.05, 3.63) is 71.8 Å². The lowest BCUT2D eigenvalue weighted by Gasteiger charge is -2.33. The maximum absolute atomic E-state index is 4.49. The minimum absolute atomic E-state index is 0. The van der Waals surface area contributed by atoms with E-state index < -0.39 is 0 Å². The normalized spacial score (nSPS) is 20.4. The molecule has 4 rings (SSSR count). The molecule has 0 radical (unpaired) electrons. The van der Waals surface area contributed by atoms with E-state index in [4.69, 9.17) is 0 Å². The van der Waals surface area contributed by atoms with Crippen LogP contribution in [0.5, 0.6) is 0 Å². The highest BCUT2D eigenvalue weighted by atomic mass is 127. The first-order chi connectivity index (χ1) is 15.8. The van der Waals surface area contributed by atoms with Crippen molar-refractivity contribution in [3.63, 3.8) is 0 Å². The average Bonchev–Trinajstić information content (AvgIpc) is 3.31. The summed E-state index contributed by atoms with van der Waals surface area (Å²) in [7, 11) is 1.89. The molecular formula is C27H40IN5. The van der Waals surface area contributed by atoms with Gasteiger partial charge in [-0.15, -0.1) is 24.0 Å². The van der Waals surface area contributed by atoms with Crippen molar-refractivity contribution in [1.82, 2.24) is 20.4 Å². The van der Waals surface area contributed by atoms with Gasteiger partial charge in [0.25, 0.3) is 0 Å². The van der Waals surface area contributed by atoms with Gasteiger partial charge >= 0.3 is 0 Å². The Labute approximate surface area is 217 Å². The molecule has 2 aromatic rings. The van der Waals surface area contributed by atoms with Gasteiger partial charge in [-0.1, -0.05) is 60.7 Å². The fraction of sp³-hybridized carbons (Fsp3) is 0.519. The molecule has 2 heterocycles. The summed E-state index contributed by atoms with van der Waals surface area (Å²) in [6.45, 7) is 7.91. The summed E-state index contributed by atoms with van der Waals surface area (Å²) < 4.78 is 0. The molecule has 1 unspecified atom stereocenters. The van der Waals surface area contributed by atoms with Crippen LogP contribution >= 0.6 is 24.0 Å². The van der Waals surface area contributed by atoms with Gasteiger partial charge in [-0.2, -0.15) is 0 Å². The predicted molar refractivity (Wildman–Crippen MR) is 149 cm³/mol. The average molecular weight is 562 g/mol. The Morgan fingerprint density at radius 3 is 2.18 bits per heavy atom. The van der Waals surface area contributed by atoms with Crippen LogP contribution in [0.15, 0.2) is 65.7 Å². The van der Waals surface area contributed by atoms with E-state index in [1.165, 1.54) is 43.5 Å². The van der Waals surface area contributed by atoms with Crippen LogP contribution in [0.25, 0.3) is 0 Å². The smallest absolute Gasteiger partial charge is 0.191 e. The number of rotatable bonds is 8. The highest BCUT2D eigenvalue weighted by Gasteiger charge is 2.23. The van der Waals surface area contributed by atoms with Gasteiger partial charge in [0.1, 0.15) is 0 Å². The van der Waals surface area contributed by atoms with Gasteiger partial charge in [0.05, 0.1) is 0 Å². The van der Waals surface area contributed by atoms with Crippen molar-refractivity contribution in [3.8, 4) is 0 Å². The van der Waals surface area contributed by atoms with Crippen LogP contribution in [-0.2, 0) is 13.0 Å². The zero-order valence-electron chi connectivity index (χ0n) is 20.0. The number of halogens is 1. The van der Waals surface area contributed by atoms with Crippen molar-refractivity contribution < 1.29 is 0 Å². The van der Waals surface area contributed by atoms with Crippen molar-refractivity contribution >= 4 is 29.9 Å². The first kappa shape index (κ1) is 26.0. The molecule has 0 amide bonds. The summed E-state index contributed by atoms with van der Waals surface area (Å²) in [6, 6.07) is 22.1. The standard InChI is InChI=1S/C27H39N5.HI/c1-28-27(30-26-14-18-32(19-15-26)21-24-10-6-3-7-11-24)29-20-25-13-17-31(22-25)16-12-23-8-4-2-5-9-23;/h2-11,25-26H,12-22H2,1H3,(H2,28,29,30);1H. The number of nitrogens with one attached hydrogen (secondary N) is 2. The Bertz CT molecular complexity index is 821. The zero-order valence-corrected chi connectivity index (χ0v) is 22.3. The molecule has 5 nitrogen and oxygen atoms in total. The van der Waals surface area contributed by atoms with Crippen molar-refractivity contribution in [2.75, 3.05) is 46.3 Å². The largest absolute Gasteiger partial charge is 0.356 e. The van der Waals surface area contributed by atoms with Gasteiger partial charge in [0.2, 0.25) is 0 Å². The molecule has 2 fully saturated rings. The quantitative estimate of drug-likeness (QED) is 0.291. The zero-order chi connectivity index (χ0) is 22.0. The van der Waals surface area contributed by atoms with E-state index in [1.54, 1.807) is 0 Å². The molecule has 2 aliphatic rings. The first-order valence-corrected chi connectivity index (χ1v) is 12.3. The van der Waals surface area contributed by atoms with E-state index in [1.807, 2.05) is 7.05 Å². The Morgan fingerprint density at radius 2 is 1.52 bits per heavy atom. The summed E-state index contributed by atoms with van der Waals surface area (Å²) >= 11 is 0. The third-order valence-corrected chi connectivity index (χ3v) is 6.89. The van der Waals surface area contributed by atoms with Gasteiger partial charge in [-0.25, -0.2) is 0 Å². The van der Waals surface area contributed by atoms with Crippen LogP contribution in [0.2, 0.25) is 0 Å². The molecule has 2 aromatic carbocycles. The maximum Gasteiger partial charge on any atom is 0.191 e. The topological polar surface area (TPSA) is 42.9 Å². The molecule has 0 spiro atoms. The first-order valence-electron chi connectivity index (χ1n) is 12.3. The number of aliphatic imine (C=N–C) groups is 1. The molecular weight excluding hydrogens is 521 g/mol. The van der Waals surface area contributed by atoms with Crippen LogP contribution in [0, 0.1) is 5.92 Å². The number of nitrogens with zero attached hydrogens (tertiary/aromatic N) is 3. The molecule has 2 saturated heterocycles. The molecule has 0 aromatic heterocycles. The minimum Gasteiger partial charge on any atom is -0.356 e. The highest BCUT2D eigenvalue weighted by molar-refractivity contribution is 14.0. The van der Waals surface area contributed by atoms with Crippen LogP contribution in [0.1, 0.15) is 30.4 Å². The molecule has 2 aliphatic heterocycles. The summed E-state index contributed by atoms with van der Waals surface area (Å²) in [5.41, 5.74) is 2.85. The van der Waals surface area contributed by atoms with Gasteiger partial charge in [-0.05, 0) is 49.3 Å². The van der Waals surface area contributed by atoms with E-state index in [0.717, 1.165) is 45.1 Å². The lowest BCUT2D eigenvalue weighted by molar-refractivity contribution is 0.198. The van der Waals surface area contributed by atoms with Crippen LogP contribution in [0.3, 0.4) is 0 Å². The Balaban J connectivity index is 0.00000306. The molecule has 6 heteroatoms. The lowest BCUT2D eigenvalue weighted by atomic mass is 10.0. The van der Waals surface area contributed by atoms with Crippen molar-refractivity contribution in [1.29, 1.82) is 0 Å². The molecule has 0 aliphatic carbocycles. The van der Waals surface area contributed by atoms with Crippen molar-refractivity contribution in [2.45, 2.75) is 38.3 Å². The van der Waals surface area contributed by atoms with E-state index in [0.29, 0.717) is 12.0 Å². The summed E-state index contributed by atoms with van der Waals surface area (Å²) in [6.07, 6.45) is 4.76. The Hall–Kier alpha value is -1.64. The number of benzene rings is 2. The second-order valence-electron chi connectivity index (χ2n) is 9.32. The number of hydrogen-bond acceptors (Lipinski definition) is 3. The predicted octanol–water partition coefficient (Wildman–Crippen LogP) is 4.00. The van der Waals surface area contributed by atoms with Crippen LogP contribution in [-0.4, -0.2) is 68.1 Å². The Kier molecular flexibility index (Phi) is 11.0. The number of hydrogen-bond donors (Lipinski definition) is 2. The van der Waals surface area contributed by atoms with E-state index in [-0.39, 0.29) is 24.0 Å². The van der Waals surface area contributed by atoms with Crippen LogP contribution < -0.4 is 10.6 Å². The summed E-state index contributed by atoms with van der Waals surface area (Å²) in [4.78, 5) is 9.66. The van der Waals surface area contributed by atoms with Gasteiger partial charge in [0, 0.05) is 52.4 Å². The second-order valence-corrected chi connectivity index (χ2v) is 9.32. The maximum atomic E-state index is 4.49. The van der Waals surface area contributed by atoms with E-state index in [9.17, 15) is 0 Å². The molecule has 180 valence electrons. The van der Waals surface area contributed by atoms with Gasteiger partial charge in [0.15, 0.2) is 5.96 Å². The Morgan fingerprint density at radius 1 is 0.879 bits per heavy atom. The fourth-order valence-electron chi connectivity index (χ4n) is 4.92. The van der Waals surface area contributed by atoms with Gasteiger partial charge < -0.3 is 15.5 Å². The number of guanidine groups is 1. The minimum atomic E-state index is 0. The van der Waals surface area contributed by atoms with Crippen molar-refractivity contribution in [2.24, 2.45) is 10.9 Å². The second kappa shape index (κ2) is 13.9. The third kappa shape index (κ3) is 8.58. The monoisotopic (exact) mass is 561 g/mol. The molecule has 1 atom stereocenters. The molecule has 0 bridgehead atoms. The molecule has 0 saturated carbocycles. The van der Waals surface area contributed by atoms with Gasteiger partial charge in [-0.3, -0.25) is 9.89 Å².